The van der Waals surface area contributed by atoms with Crippen molar-refractivity contribution in [3.05, 3.63) is 75.8 Å². The van der Waals surface area contributed by atoms with Gasteiger partial charge in [0.25, 0.3) is 0 Å². The first-order chi connectivity index (χ1) is 13.8. The van der Waals surface area contributed by atoms with Crippen molar-refractivity contribution in [2.75, 3.05) is 0 Å². The lowest BCUT2D eigenvalue weighted by Crippen LogP contribution is -2.37. The molecule has 160 valence electrons. The predicted octanol–water partition coefficient (Wildman–Crippen LogP) is 5.49. The standard InChI is InChI=1S/C19H12ClF6NO3/c20-14-8-10(4-6-13(14)17(29)30)5-7-15(28)27-16(19(24,25)26)11-2-1-3-12(9-11)18(21,22)23/h1-9,16H,(H,27,28)(H,29,30). The minimum absolute atomic E-state index is 0.151. The highest BCUT2D eigenvalue weighted by atomic mass is 35.5. The number of rotatable bonds is 5. The Hall–Kier alpha value is -3.01. The van der Waals surface area contributed by atoms with Crippen LogP contribution in [-0.4, -0.2) is 23.2 Å². The fourth-order valence-corrected chi connectivity index (χ4v) is 2.69. The van der Waals surface area contributed by atoms with Crippen molar-refractivity contribution in [2.45, 2.75) is 18.4 Å². The van der Waals surface area contributed by atoms with Gasteiger partial charge in [0.2, 0.25) is 5.91 Å². The van der Waals surface area contributed by atoms with Crippen molar-refractivity contribution in [1.82, 2.24) is 5.32 Å². The van der Waals surface area contributed by atoms with Gasteiger partial charge in [-0.2, -0.15) is 26.3 Å². The number of benzene rings is 2. The number of alkyl halides is 6. The largest absolute Gasteiger partial charge is 0.478 e. The molecular formula is C19H12ClF6NO3. The van der Waals surface area contributed by atoms with Crippen LogP contribution >= 0.6 is 11.6 Å². The fourth-order valence-electron chi connectivity index (χ4n) is 2.42. The topological polar surface area (TPSA) is 66.4 Å². The number of carboxylic acids is 1. The smallest absolute Gasteiger partial charge is 0.416 e. The van der Waals surface area contributed by atoms with E-state index < -0.39 is 41.4 Å². The Morgan fingerprint density at radius 3 is 2.23 bits per heavy atom. The van der Waals surface area contributed by atoms with Gasteiger partial charge in [-0.25, -0.2) is 4.79 Å². The quantitative estimate of drug-likeness (QED) is 0.466. The first-order valence-electron chi connectivity index (χ1n) is 8.04. The lowest BCUT2D eigenvalue weighted by Gasteiger charge is -2.22. The van der Waals surface area contributed by atoms with E-state index in [2.05, 4.69) is 0 Å². The molecule has 1 amide bonds. The average Bonchev–Trinajstić information content (AvgIpc) is 2.62. The van der Waals surface area contributed by atoms with Gasteiger partial charge in [0, 0.05) is 6.08 Å². The number of carboxylic acid groups (broad SMARTS) is 1. The molecule has 2 rings (SSSR count). The highest BCUT2D eigenvalue weighted by molar-refractivity contribution is 6.33. The molecule has 1 atom stereocenters. The maximum atomic E-state index is 13.3. The van der Waals surface area contributed by atoms with Gasteiger partial charge in [-0.1, -0.05) is 29.8 Å². The van der Waals surface area contributed by atoms with Gasteiger partial charge in [-0.15, -0.1) is 0 Å². The summed E-state index contributed by atoms with van der Waals surface area (Å²) >= 11 is 5.76. The molecule has 30 heavy (non-hydrogen) atoms. The van der Waals surface area contributed by atoms with Crippen LogP contribution in [0.4, 0.5) is 26.3 Å². The molecule has 0 aliphatic carbocycles. The van der Waals surface area contributed by atoms with Gasteiger partial charge in [-0.05, 0) is 41.5 Å². The molecule has 0 spiro atoms. The molecule has 1 unspecified atom stereocenters. The minimum Gasteiger partial charge on any atom is -0.478 e. The van der Waals surface area contributed by atoms with E-state index in [1.807, 2.05) is 0 Å². The van der Waals surface area contributed by atoms with E-state index >= 15 is 0 Å². The van der Waals surface area contributed by atoms with Crippen LogP contribution in [0, 0.1) is 0 Å². The van der Waals surface area contributed by atoms with E-state index in [4.69, 9.17) is 16.7 Å². The van der Waals surface area contributed by atoms with Crippen molar-refractivity contribution in [3.63, 3.8) is 0 Å². The molecule has 0 aromatic heterocycles. The Kier molecular flexibility index (Phi) is 6.81. The molecule has 4 nitrogen and oxygen atoms in total. The lowest BCUT2D eigenvalue weighted by molar-refractivity contribution is -0.162. The second-order valence-corrected chi connectivity index (χ2v) is 6.39. The van der Waals surface area contributed by atoms with E-state index in [1.165, 1.54) is 12.1 Å². The number of carbonyl (C=O) groups excluding carboxylic acids is 1. The summed E-state index contributed by atoms with van der Waals surface area (Å²) in [6.07, 6.45) is -8.11. The van der Waals surface area contributed by atoms with Crippen molar-refractivity contribution < 1.29 is 41.0 Å². The number of amides is 1. The summed E-state index contributed by atoms with van der Waals surface area (Å²) in [5, 5.41) is 10.4. The lowest BCUT2D eigenvalue weighted by atomic mass is 10.0. The van der Waals surface area contributed by atoms with Crippen molar-refractivity contribution in [1.29, 1.82) is 0 Å². The Labute approximate surface area is 170 Å². The van der Waals surface area contributed by atoms with Crippen LogP contribution < -0.4 is 5.32 Å². The number of nitrogens with one attached hydrogen (secondary N) is 1. The maximum absolute atomic E-state index is 13.3. The number of hydrogen-bond acceptors (Lipinski definition) is 2. The van der Waals surface area contributed by atoms with E-state index in [0.29, 0.717) is 12.1 Å². The number of aromatic carboxylic acids is 1. The SMILES string of the molecule is O=C(C=Cc1ccc(C(=O)O)c(Cl)c1)NC(c1cccc(C(F)(F)F)c1)C(F)(F)F. The molecule has 0 radical (unpaired) electrons. The zero-order valence-electron chi connectivity index (χ0n) is 14.7. The molecule has 2 aromatic carbocycles. The summed E-state index contributed by atoms with van der Waals surface area (Å²) in [7, 11) is 0. The molecule has 0 bridgehead atoms. The molecule has 0 aliphatic heterocycles. The van der Waals surface area contributed by atoms with Crippen LogP contribution in [0.3, 0.4) is 0 Å². The summed E-state index contributed by atoms with van der Waals surface area (Å²) in [4.78, 5) is 22.8. The normalized spacial score (nSPS) is 13.3. The second kappa shape index (κ2) is 8.78. The third-order valence-corrected chi connectivity index (χ3v) is 4.12. The molecule has 11 heteroatoms. The number of halogens is 7. The van der Waals surface area contributed by atoms with Crippen molar-refractivity contribution in [2.24, 2.45) is 0 Å². The predicted molar refractivity (Wildman–Crippen MR) is 95.8 cm³/mol. The van der Waals surface area contributed by atoms with Gasteiger partial charge in [0.1, 0.15) is 0 Å². The molecule has 0 heterocycles. The van der Waals surface area contributed by atoms with Gasteiger partial charge in [0.05, 0.1) is 16.1 Å². The summed E-state index contributed by atoms with van der Waals surface area (Å²) in [5.74, 6) is -2.52. The molecule has 0 fully saturated rings. The van der Waals surface area contributed by atoms with Crippen molar-refractivity contribution >= 4 is 29.6 Å². The maximum Gasteiger partial charge on any atom is 0.416 e. The van der Waals surface area contributed by atoms with E-state index in [1.54, 1.807) is 5.32 Å². The Bertz CT molecular complexity index is 985. The van der Waals surface area contributed by atoms with Gasteiger partial charge >= 0.3 is 18.3 Å². The fraction of sp³-hybridized carbons (Fsp3) is 0.158. The molecule has 2 N–H and O–H groups in total. The summed E-state index contributed by atoms with van der Waals surface area (Å²) in [6, 6.07) is 3.48. The zero-order chi connectivity index (χ0) is 22.7. The van der Waals surface area contributed by atoms with Gasteiger partial charge in [0.15, 0.2) is 6.04 Å². The second-order valence-electron chi connectivity index (χ2n) is 5.98. The summed E-state index contributed by atoms with van der Waals surface area (Å²) in [6.45, 7) is 0. The zero-order valence-corrected chi connectivity index (χ0v) is 15.4. The van der Waals surface area contributed by atoms with Gasteiger partial charge in [-0.3, -0.25) is 4.79 Å². The monoisotopic (exact) mass is 451 g/mol. The number of carbonyl (C=O) groups is 2. The van der Waals surface area contributed by atoms with Crippen molar-refractivity contribution in [3.8, 4) is 0 Å². The molecule has 0 saturated carbocycles. The first kappa shape index (κ1) is 23.3. The van der Waals surface area contributed by atoms with E-state index in [9.17, 15) is 35.9 Å². The van der Waals surface area contributed by atoms with Crippen LogP contribution in [0.1, 0.15) is 33.1 Å². The van der Waals surface area contributed by atoms with E-state index in [-0.39, 0.29) is 16.1 Å². The Balaban J connectivity index is 2.24. The molecule has 0 aliphatic rings. The van der Waals surface area contributed by atoms with Crippen LogP contribution in [0.2, 0.25) is 5.02 Å². The minimum atomic E-state index is -5.06. The Morgan fingerprint density at radius 2 is 1.70 bits per heavy atom. The van der Waals surface area contributed by atoms with Gasteiger partial charge < -0.3 is 10.4 Å². The first-order valence-corrected chi connectivity index (χ1v) is 8.42. The Morgan fingerprint density at radius 1 is 1.03 bits per heavy atom. The molecule has 2 aromatic rings. The summed E-state index contributed by atoms with van der Waals surface area (Å²) in [5.41, 5.74) is -2.05. The third-order valence-electron chi connectivity index (χ3n) is 3.81. The molecule has 0 saturated heterocycles. The summed E-state index contributed by atoms with van der Waals surface area (Å²) < 4.78 is 78.4. The van der Waals surface area contributed by atoms with Crippen LogP contribution in [0.5, 0.6) is 0 Å². The van der Waals surface area contributed by atoms with Crippen LogP contribution in [-0.2, 0) is 11.0 Å². The molecular weight excluding hydrogens is 440 g/mol. The van der Waals surface area contributed by atoms with Crippen LogP contribution in [0.15, 0.2) is 48.5 Å². The average molecular weight is 452 g/mol. The highest BCUT2D eigenvalue weighted by Gasteiger charge is 2.42. The third kappa shape index (κ3) is 5.99. The highest BCUT2D eigenvalue weighted by Crippen LogP contribution is 2.36. The van der Waals surface area contributed by atoms with Crippen LogP contribution in [0.25, 0.3) is 6.08 Å². The number of hydrogen-bond donors (Lipinski definition) is 2. The van der Waals surface area contributed by atoms with E-state index in [0.717, 1.165) is 30.4 Å².